The van der Waals surface area contributed by atoms with Gasteiger partial charge in [0.2, 0.25) is 0 Å². The van der Waals surface area contributed by atoms with Crippen LogP contribution in [0.1, 0.15) is 30.4 Å². The number of amides is 2. The van der Waals surface area contributed by atoms with Crippen LogP contribution in [0.5, 0.6) is 0 Å². The molecule has 28 heavy (non-hydrogen) atoms. The number of nitrogens with one attached hydrogen (secondary N) is 1. The molecule has 0 saturated carbocycles. The van der Waals surface area contributed by atoms with Crippen LogP contribution in [0.25, 0.3) is 11.3 Å². The second-order valence-corrected chi connectivity index (χ2v) is 7.86. The van der Waals surface area contributed by atoms with E-state index in [0.717, 1.165) is 17.1 Å². The van der Waals surface area contributed by atoms with Crippen LogP contribution in [-0.2, 0) is 0 Å². The maximum atomic E-state index is 12.7. The Hall–Kier alpha value is -3.26. The number of anilines is 2. The van der Waals surface area contributed by atoms with E-state index < -0.39 is 11.6 Å². The monoisotopic (exact) mass is 396 g/mol. The minimum atomic E-state index is -1.03. The average Bonchev–Trinajstić information content (AvgIpc) is 3.12. The van der Waals surface area contributed by atoms with Gasteiger partial charge in [0.15, 0.2) is 0 Å². The number of benzene rings is 2. The molecule has 0 bridgehead atoms. The molecule has 3 rings (SSSR count). The predicted molar refractivity (Wildman–Crippen MR) is 110 cm³/mol. The van der Waals surface area contributed by atoms with E-state index in [1.54, 1.807) is 24.3 Å². The van der Waals surface area contributed by atoms with E-state index >= 15 is 0 Å². The van der Waals surface area contributed by atoms with Gasteiger partial charge in [-0.05, 0) is 56.6 Å². The molecule has 0 aliphatic rings. The molecule has 2 N–H and O–H groups in total. The lowest BCUT2D eigenvalue weighted by molar-refractivity contribution is 0.103. The first-order valence-electron chi connectivity index (χ1n) is 8.60. The summed E-state index contributed by atoms with van der Waals surface area (Å²) in [6.07, 6.45) is -1.03. The molecule has 0 fully saturated rings. The van der Waals surface area contributed by atoms with Gasteiger partial charge in [0, 0.05) is 22.5 Å². The van der Waals surface area contributed by atoms with Crippen molar-refractivity contribution in [3.8, 4) is 11.3 Å². The summed E-state index contributed by atoms with van der Waals surface area (Å²) in [5.74, 6) is -0.312. The molecular formula is C20H20N4O3S. The fourth-order valence-corrected chi connectivity index (χ4v) is 3.37. The minimum Gasteiger partial charge on any atom is -0.465 e. The van der Waals surface area contributed by atoms with Crippen LogP contribution >= 0.6 is 11.5 Å². The molecule has 0 atom stereocenters. The van der Waals surface area contributed by atoms with E-state index in [-0.39, 0.29) is 5.91 Å². The molecule has 0 saturated heterocycles. The molecule has 0 unspecified atom stereocenters. The van der Waals surface area contributed by atoms with Crippen LogP contribution < -0.4 is 10.2 Å². The third kappa shape index (κ3) is 4.17. The first kappa shape index (κ1) is 19.5. The highest BCUT2D eigenvalue weighted by Crippen LogP contribution is 2.27. The van der Waals surface area contributed by atoms with Crippen molar-refractivity contribution in [2.45, 2.75) is 26.3 Å². The van der Waals surface area contributed by atoms with Gasteiger partial charge < -0.3 is 10.4 Å². The van der Waals surface area contributed by atoms with Gasteiger partial charge in [-0.3, -0.25) is 9.69 Å². The summed E-state index contributed by atoms with van der Waals surface area (Å²) in [5.41, 5.74) is 1.85. The molecule has 2 amide bonds. The number of hydrogen-bond donors (Lipinski definition) is 2. The van der Waals surface area contributed by atoms with Crippen molar-refractivity contribution in [2.24, 2.45) is 0 Å². The van der Waals surface area contributed by atoms with Gasteiger partial charge in [0.1, 0.15) is 10.6 Å². The summed E-state index contributed by atoms with van der Waals surface area (Å²) in [6, 6.07) is 16.1. The first-order valence-corrected chi connectivity index (χ1v) is 9.37. The highest BCUT2D eigenvalue weighted by atomic mass is 32.1. The molecule has 1 heterocycles. The number of carbonyl (C=O) groups is 2. The second-order valence-electron chi connectivity index (χ2n) is 7.11. The Morgan fingerprint density at radius 3 is 2.25 bits per heavy atom. The van der Waals surface area contributed by atoms with Crippen molar-refractivity contribution in [3.05, 3.63) is 59.5 Å². The molecule has 0 aliphatic carbocycles. The summed E-state index contributed by atoms with van der Waals surface area (Å²) in [6.45, 7) is 5.45. The highest BCUT2D eigenvalue weighted by Gasteiger charge is 2.27. The van der Waals surface area contributed by atoms with Crippen molar-refractivity contribution in [1.82, 2.24) is 9.59 Å². The Bertz CT molecular complexity index is 979. The number of aromatic nitrogens is 2. The van der Waals surface area contributed by atoms with Crippen LogP contribution in [0.4, 0.5) is 16.2 Å². The van der Waals surface area contributed by atoms with Gasteiger partial charge >= 0.3 is 6.09 Å². The lowest BCUT2D eigenvalue weighted by atomic mass is 10.1. The SMILES string of the molecule is CC(C)(C)N(C(=O)O)c1ccc(NC(=O)c2snnc2-c2ccccc2)cc1. The number of rotatable bonds is 4. The maximum Gasteiger partial charge on any atom is 0.412 e. The van der Waals surface area contributed by atoms with Crippen LogP contribution in [0.3, 0.4) is 0 Å². The fourth-order valence-electron chi connectivity index (χ4n) is 2.79. The molecule has 8 heteroatoms. The summed E-state index contributed by atoms with van der Waals surface area (Å²) < 4.78 is 3.90. The number of carboxylic acid groups (broad SMARTS) is 1. The molecule has 3 aromatic rings. The minimum absolute atomic E-state index is 0.312. The largest absolute Gasteiger partial charge is 0.465 e. The third-order valence-corrected chi connectivity index (χ3v) is 4.71. The molecule has 0 radical (unpaired) electrons. The topological polar surface area (TPSA) is 95.4 Å². The van der Waals surface area contributed by atoms with Crippen molar-refractivity contribution in [1.29, 1.82) is 0 Å². The summed E-state index contributed by atoms with van der Waals surface area (Å²) in [4.78, 5) is 25.9. The molecule has 0 spiro atoms. The zero-order valence-corrected chi connectivity index (χ0v) is 16.5. The zero-order valence-electron chi connectivity index (χ0n) is 15.7. The molecule has 1 aromatic heterocycles. The Balaban J connectivity index is 1.80. The van der Waals surface area contributed by atoms with Gasteiger partial charge in [0.25, 0.3) is 5.91 Å². The Kier molecular flexibility index (Phi) is 5.41. The van der Waals surface area contributed by atoms with E-state index in [2.05, 4.69) is 14.9 Å². The summed E-state index contributed by atoms with van der Waals surface area (Å²) in [7, 11) is 0. The van der Waals surface area contributed by atoms with Crippen molar-refractivity contribution < 1.29 is 14.7 Å². The molecule has 7 nitrogen and oxygen atoms in total. The number of nitrogens with zero attached hydrogens (tertiary/aromatic N) is 3. The average molecular weight is 396 g/mol. The second kappa shape index (κ2) is 7.77. The normalized spacial score (nSPS) is 11.1. The first-order chi connectivity index (χ1) is 13.3. The van der Waals surface area contributed by atoms with Crippen molar-refractivity contribution >= 4 is 34.9 Å². The smallest absolute Gasteiger partial charge is 0.412 e. The lowest BCUT2D eigenvalue weighted by Crippen LogP contribution is -2.45. The van der Waals surface area contributed by atoms with Gasteiger partial charge in [0.05, 0.1) is 0 Å². The lowest BCUT2D eigenvalue weighted by Gasteiger charge is -2.33. The zero-order chi connectivity index (χ0) is 20.3. The Morgan fingerprint density at radius 2 is 1.68 bits per heavy atom. The molecule has 144 valence electrons. The van der Waals surface area contributed by atoms with E-state index in [0.29, 0.717) is 21.9 Å². The molecular weight excluding hydrogens is 376 g/mol. The quantitative estimate of drug-likeness (QED) is 0.664. The molecule has 0 aliphatic heterocycles. The predicted octanol–water partition coefficient (Wildman–Crippen LogP) is 4.74. The molecule has 2 aromatic carbocycles. The van der Waals surface area contributed by atoms with Crippen molar-refractivity contribution in [3.63, 3.8) is 0 Å². The van der Waals surface area contributed by atoms with Gasteiger partial charge in [-0.2, -0.15) is 0 Å². The number of hydrogen-bond acceptors (Lipinski definition) is 5. The van der Waals surface area contributed by atoms with Gasteiger partial charge in [-0.1, -0.05) is 34.8 Å². The number of carbonyl (C=O) groups excluding carboxylic acids is 1. The van der Waals surface area contributed by atoms with Crippen LogP contribution in [0, 0.1) is 0 Å². The van der Waals surface area contributed by atoms with Gasteiger partial charge in [-0.25, -0.2) is 4.79 Å². The maximum absolute atomic E-state index is 12.7. The fraction of sp³-hybridized carbons (Fsp3) is 0.200. The third-order valence-electron chi connectivity index (χ3n) is 3.99. The van der Waals surface area contributed by atoms with Crippen LogP contribution in [0.15, 0.2) is 54.6 Å². The Labute approximate surface area is 166 Å². The van der Waals surface area contributed by atoms with E-state index in [1.807, 2.05) is 51.1 Å². The highest BCUT2D eigenvalue weighted by molar-refractivity contribution is 7.08. The van der Waals surface area contributed by atoms with E-state index in [9.17, 15) is 14.7 Å². The van der Waals surface area contributed by atoms with E-state index in [1.165, 1.54) is 4.90 Å². The summed E-state index contributed by atoms with van der Waals surface area (Å²) >= 11 is 1.03. The summed E-state index contributed by atoms with van der Waals surface area (Å²) in [5, 5.41) is 16.4. The van der Waals surface area contributed by atoms with Gasteiger partial charge in [-0.15, -0.1) is 5.10 Å². The standard InChI is InChI=1S/C20H20N4O3S/c1-20(2,3)24(19(26)27)15-11-9-14(10-12-15)21-18(25)17-16(22-23-28-17)13-7-5-4-6-8-13/h4-12H,1-3H3,(H,21,25)(H,26,27). The van der Waals surface area contributed by atoms with E-state index in [4.69, 9.17) is 0 Å². The van der Waals surface area contributed by atoms with Crippen LogP contribution in [0.2, 0.25) is 0 Å². The van der Waals surface area contributed by atoms with Crippen molar-refractivity contribution in [2.75, 3.05) is 10.2 Å². The van der Waals surface area contributed by atoms with Crippen LogP contribution in [-0.4, -0.2) is 32.2 Å². The Morgan fingerprint density at radius 1 is 1.04 bits per heavy atom.